The maximum Gasteiger partial charge on any atom is 0.134 e. The molecule has 0 saturated carbocycles. The molecule has 0 aliphatic rings. The van der Waals surface area contributed by atoms with E-state index in [4.69, 9.17) is 0 Å². The third-order valence-electron chi connectivity index (χ3n) is 2.52. The number of aryl methyl sites for hydroxylation is 1. The molecule has 0 unspecified atom stereocenters. The molecule has 3 heterocycles. The van der Waals surface area contributed by atoms with Gasteiger partial charge in [-0.15, -0.1) is 34.0 Å². The largest absolute Gasteiger partial charge is 0.241 e. The van der Waals surface area contributed by atoms with Crippen molar-refractivity contribution in [2.75, 3.05) is 0 Å². The summed E-state index contributed by atoms with van der Waals surface area (Å²) in [5.74, 6) is 0. The van der Waals surface area contributed by atoms with E-state index in [0.29, 0.717) is 5.57 Å². The van der Waals surface area contributed by atoms with Gasteiger partial charge in [0.15, 0.2) is 0 Å². The van der Waals surface area contributed by atoms with Crippen LogP contribution in [0.1, 0.15) is 16.4 Å². The van der Waals surface area contributed by atoms with Crippen molar-refractivity contribution in [3.05, 3.63) is 44.7 Å². The normalized spacial score (nSPS) is 11.5. The van der Waals surface area contributed by atoms with Crippen molar-refractivity contribution in [3.63, 3.8) is 0 Å². The summed E-state index contributed by atoms with van der Waals surface area (Å²) in [4.78, 5) is 10.0. The number of aromatic nitrogens is 2. The van der Waals surface area contributed by atoms with Crippen LogP contribution in [0.4, 0.5) is 0 Å². The zero-order chi connectivity index (χ0) is 13.9. The highest BCUT2D eigenvalue weighted by Gasteiger charge is 2.08. The minimum absolute atomic E-state index is 0.561. The number of thiazole rings is 2. The van der Waals surface area contributed by atoms with Crippen molar-refractivity contribution < 1.29 is 0 Å². The van der Waals surface area contributed by atoms with E-state index >= 15 is 0 Å². The van der Waals surface area contributed by atoms with Crippen LogP contribution in [-0.4, -0.2) is 9.97 Å². The van der Waals surface area contributed by atoms with Gasteiger partial charge in [0.1, 0.15) is 16.1 Å². The number of rotatable bonds is 3. The highest BCUT2D eigenvalue weighted by atomic mass is 32.1. The molecule has 20 heavy (non-hydrogen) atoms. The standard InChI is InChI=1S/C14H9N3S3/c1-9-7-19-13(16-9)10(6-15)5-11-8-20-14(17-11)12-3-2-4-18-12/h2-5,7-8H,1H3. The average Bonchev–Trinajstić information content (AvgIpc) is 3.16. The van der Waals surface area contributed by atoms with E-state index in [1.807, 2.05) is 35.2 Å². The number of allylic oxidation sites excluding steroid dienone is 1. The Balaban J connectivity index is 1.93. The van der Waals surface area contributed by atoms with Gasteiger partial charge in [-0.1, -0.05) is 6.07 Å². The molecule has 0 aromatic carbocycles. The summed E-state index contributed by atoms with van der Waals surface area (Å²) < 4.78 is 0. The lowest BCUT2D eigenvalue weighted by atomic mass is 10.2. The average molecular weight is 315 g/mol. The topological polar surface area (TPSA) is 49.6 Å². The molecule has 6 heteroatoms. The molecular formula is C14H9N3S3. The third-order valence-corrected chi connectivity index (χ3v) is 5.41. The van der Waals surface area contributed by atoms with E-state index in [9.17, 15) is 5.26 Å². The van der Waals surface area contributed by atoms with Gasteiger partial charge in [0.05, 0.1) is 16.1 Å². The van der Waals surface area contributed by atoms with Crippen molar-refractivity contribution >= 4 is 45.7 Å². The molecule has 98 valence electrons. The molecule has 0 atom stereocenters. The maximum atomic E-state index is 9.27. The van der Waals surface area contributed by atoms with Crippen LogP contribution in [0.25, 0.3) is 21.5 Å². The van der Waals surface area contributed by atoms with E-state index < -0.39 is 0 Å². The highest BCUT2D eigenvalue weighted by Crippen LogP contribution is 2.29. The number of nitriles is 1. The quantitative estimate of drug-likeness (QED) is 0.658. The number of thiophene rings is 1. The second-order valence-electron chi connectivity index (χ2n) is 4.02. The number of nitrogens with zero attached hydrogens (tertiary/aromatic N) is 3. The first kappa shape index (κ1) is 13.2. The Labute approximate surface area is 128 Å². The molecule has 0 N–H and O–H groups in total. The first-order valence-electron chi connectivity index (χ1n) is 5.80. The summed E-state index contributed by atoms with van der Waals surface area (Å²) in [6.07, 6.45) is 1.80. The van der Waals surface area contributed by atoms with Crippen molar-refractivity contribution in [2.24, 2.45) is 0 Å². The second-order valence-corrected chi connectivity index (χ2v) is 6.68. The van der Waals surface area contributed by atoms with Crippen molar-refractivity contribution in [2.45, 2.75) is 6.92 Å². The molecule has 3 nitrogen and oxygen atoms in total. The van der Waals surface area contributed by atoms with Crippen LogP contribution in [0.3, 0.4) is 0 Å². The fraction of sp³-hybridized carbons (Fsp3) is 0.0714. The molecule has 0 spiro atoms. The van der Waals surface area contributed by atoms with Gasteiger partial charge in [-0.2, -0.15) is 5.26 Å². The summed E-state index contributed by atoms with van der Waals surface area (Å²) in [6, 6.07) is 6.26. The second kappa shape index (κ2) is 5.67. The predicted octanol–water partition coefficient (Wildman–Crippen LogP) is 4.70. The van der Waals surface area contributed by atoms with Crippen molar-refractivity contribution in [3.8, 4) is 16.0 Å². The van der Waals surface area contributed by atoms with E-state index in [1.165, 1.54) is 11.3 Å². The van der Waals surface area contributed by atoms with Gasteiger partial charge in [0.25, 0.3) is 0 Å². The predicted molar refractivity (Wildman–Crippen MR) is 85.8 cm³/mol. The third kappa shape index (κ3) is 2.70. The first-order chi connectivity index (χ1) is 9.76. The Kier molecular flexibility index (Phi) is 3.74. The molecule has 0 aliphatic heterocycles. The van der Waals surface area contributed by atoms with Gasteiger partial charge >= 0.3 is 0 Å². The first-order valence-corrected chi connectivity index (χ1v) is 8.44. The fourth-order valence-corrected chi connectivity index (χ4v) is 3.99. The van der Waals surface area contributed by atoms with E-state index in [0.717, 1.165) is 26.3 Å². The van der Waals surface area contributed by atoms with Gasteiger partial charge in [0, 0.05) is 16.5 Å². The zero-order valence-electron chi connectivity index (χ0n) is 10.5. The molecule has 3 aromatic rings. The Morgan fingerprint density at radius 1 is 1.25 bits per heavy atom. The highest BCUT2D eigenvalue weighted by molar-refractivity contribution is 7.20. The van der Waals surface area contributed by atoms with Gasteiger partial charge in [-0.3, -0.25) is 0 Å². The SMILES string of the molecule is Cc1csc(C(C#N)=Cc2csc(-c3cccs3)n2)n1. The maximum absolute atomic E-state index is 9.27. The molecule has 3 aromatic heterocycles. The lowest BCUT2D eigenvalue weighted by Gasteiger charge is -1.91. The van der Waals surface area contributed by atoms with Crippen LogP contribution < -0.4 is 0 Å². The van der Waals surface area contributed by atoms with Crippen LogP contribution in [-0.2, 0) is 0 Å². The van der Waals surface area contributed by atoms with Crippen LogP contribution >= 0.6 is 34.0 Å². The molecule has 0 bridgehead atoms. The van der Waals surface area contributed by atoms with E-state index in [1.54, 1.807) is 28.7 Å². The molecule has 0 aliphatic carbocycles. The minimum Gasteiger partial charge on any atom is -0.241 e. The van der Waals surface area contributed by atoms with Gasteiger partial charge < -0.3 is 0 Å². The van der Waals surface area contributed by atoms with Crippen LogP contribution in [0.15, 0.2) is 28.3 Å². The van der Waals surface area contributed by atoms with Gasteiger partial charge in [-0.05, 0) is 24.4 Å². The lowest BCUT2D eigenvalue weighted by molar-refractivity contribution is 1.24. The van der Waals surface area contributed by atoms with Gasteiger partial charge in [-0.25, -0.2) is 9.97 Å². The summed E-state index contributed by atoms with van der Waals surface area (Å²) in [7, 11) is 0. The molecule has 0 radical (unpaired) electrons. The fourth-order valence-electron chi connectivity index (χ4n) is 1.63. The minimum atomic E-state index is 0.561. The lowest BCUT2D eigenvalue weighted by Crippen LogP contribution is -1.81. The number of hydrogen-bond acceptors (Lipinski definition) is 6. The van der Waals surface area contributed by atoms with Crippen molar-refractivity contribution in [1.29, 1.82) is 5.26 Å². The van der Waals surface area contributed by atoms with Crippen LogP contribution in [0.2, 0.25) is 0 Å². The molecular weight excluding hydrogens is 306 g/mol. The smallest absolute Gasteiger partial charge is 0.134 e. The molecule has 3 rings (SSSR count). The Bertz CT molecular complexity index is 788. The van der Waals surface area contributed by atoms with Crippen LogP contribution in [0, 0.1) is 18.3 Å². The molecule has 0 amide bonds. The summed E-state index contributed by atoms with van der Waals surface area (Å²) in [5, 5.41) is 16.9. The molecule has 0 saturated heterocycles. The Morgan fingerprint density at radius 3 is 2.80 bits per heavy atom. The van der Waals surface area contributed by atoms with Crippen LogP contribution in [0.5, 0.6) is 0 Å². The number of hydrogen-bond donors (Lipinski definition) is 0. The summed E-state index contributed by atoms with van der Waals surface area (Å²) in [5.41, 5.74) is 2.30. The zero-order valence-corrected chi connectivity index (χ0v) is 13.0. The summed E-state index contributed by atoms with van der Waals surface area (Å²) in [6.45, 7) is 1.92. The Hall–Kier alpha value is -1.81. The van der Waals surface area contributed by atoms with E-state index in [2.05, 4.69) is 16.0 Å². The molecule has 0 fully saturated rings. The van der Waals surface area contributed by atoms with Crippen molar-refractivity contribution in [1.82, 2.24) is 9.97 Å². The van der Waals surface area contributed by atoms with E-state index in [-0.39, 0.29) is 0 Å². The Morgan fingerprint density at radius 2 is 2.15 bits per heavy atom. The monoisotopic (exact) mass is 315 g/mol. The van der Waals surface area contributed by atoms with Gasteiger partial charge in [0.2, 0.25) is 0 Å². The summed E-state index contributed by atoms with van der Waals surface area (Å²) >= 11 is 4.74.